The van der Waals surface area contributed by atoms with Crippen molar-refractivity contribution < 1.29 is 9.53 Å². The molecule has 16 heavy (non-hydrogen) atoms. The summed E-state index contributed by atoms with van der Waals surface area (Å²) in [6.45, 7) is 1.87. The summed E-state index contributed by atoms with van der Waals surface area (Å²) in [5.41, 5.74) is 6.31. The van der Waals surface area contributed by atoms with Gasteiger partial charge in [0.2, 0.25) is 5.91 Å². The second-order valence-corrected chi connectivity index (χ2v) is 4.21. The molecule has 3 N–H and O–H groups in total. The number of halogens is 1. The number of hydrogen-bond acceptors (Lipinski definition) is 3. The van der Waals surface area contributed by atoms with Gasteiger partial charge in [0, 0.05) is 5.69 Å². The fraction of sp³-hybridized carbons (Fsp3) is 0.364. The number of rotatable bonds is 4. The Morgan fingerprint density at radius 1 is 1.62 bits per heavy atom. The van der Waals surface area contributed by atoms with Crippen molar-refractivity contribution >= 4 is 27.5 Å². The number of carbonyl (C=O) groups is 1. The zero-order chi connectivity index (χ0) is 12.1. The van der Waals surface area contributed by atoms with E-state index in [0.29, 0.717) is 12.1 Å². The Hall–Kier alpha value is -1.07. The van der Waals surface area contributed by atoms with Gasteiger partial charge in [-0.3, -0.25) is 4.79 Å². The smallest absolute Gasteiger partial charge is 0.241 e. The van der Waals surface area contributed by atoms with Gasteiger partial charge in [-0.1, -0.05) is 6.92 Å². The van der Waals surface area contributed by atoms with E-state index in [-0.39, 0.29) is 5.91 Å². The zero-order valence-corrected chi connectivity index (χ0v) is 10.9. The molecular formula is C11H15BrN2O2. The van der Waals surface area contributed by atoms with Gasteiger partial charge in [-0.25, -0.2) is 0 Å². The average Bonchev–Trinajstić information content (AvgIpc) is 2.28. The minimum absolute atomic E-state index is 0.181. The number of nitrogens with one attached hydrogen (secondary N) is 1. The lowest BCUT2D eigenvalue weighted by molar-refractivity contribution is -0.117. The molecule has 0 saturated heterocycles. The highest BCUT2D eigenvalue weighted by Gasteiger charge is 2.11. The first kappa shape index (κ1) is 13.0. The van der Waals surface area contributed by atoms with Gasteiger partial charge in [-0.05, 0) is 40.5 Å². The molecule has 0 aliphatic carbocycles. The van der Waals surface area contributed by atoms with Crippen molar-refractivity contribution in [2.75, 3.05) is 12.4 Å². The van der Waals surface area contributed by atoms with Gasteiger partial charge >= 0.3 is 0 Å². The first-order chi connectivity index (χ1) is 7.58. The summed E-state index contributed by atoms with van der Waals surface area (Å²) in [4.78, 5) is 11.5. The molecule has 88 valence electrons. The minimum Gasteiger partial charge on any atom is -0.496 e. The van der Waals surface area contributed by atoms with Gasteiger partial charge in [-0.15, -0.1) is 0 Å². The van der Waals surface area contributed by atoms with E-state index in [1.54, 1.807) is 25.3 Å². The monoisotopic (exact) mass is 286 g/mol. The summed E-state index contributed by atoms with van der Waals surface area (Å²) in [6, 6.07) is 4.85. The lowest BCUT2D eigenvalue weighted by atomic mass is 10.2. The number of carbonyl (C=O) groups excluding carboxylic acids is 1. The highest BCUT2D eigenvalue weighted by molar-refractivity contribution is 9.10. The quantitative estimate of drug-likeness (QED) is 0.891. The molecule has 1 atom stereocenters. The van der Waals surface area contributed by atoms with Gasteiger partial charge < -0.3 is 15.8 Å². The molecule has 0 fully saturated rings. The Labute approximate surface area is 103 Å². The molecular weight excluding hydrogens is 272 g/mol. The largest absolute Gasteiger partial charge is 0.496 e. The summed E-state index contributed by atoms with van der Waals surface area (Å²) in [6.07, 6.45) is 0.614. The molecule has 0 aliphatic heterocycles. The van der Waals surface area contributed by atoms with Crippen molar-refractivity contribution in [3.63, 3.8) is 0 Å². The first-order valence-corrected chi connectivity index (χ1v) is 5.77. The summed E-state index contributed by atoms with van der Waals surface area (Å²) >= 11 is 3.34. The molecule has 1 rings (SSSR count). The molecule has 5 heteroatoms. The summed E-state index contributed by atoms with van der Waals surface area (Å²) in [5.74, 6) is 0.539. The second-order valence-electron chi connectivity index (χ2n) is 3.35. The third-order valence-electron chi connectivity index (χ3n) is 2.20. The molecule has 1 aromatic carbocycles. The lowest BCUT2D eigenvalue weighted by Gasteiger charge is -2.11. The normalized spacial score (nSPS) is 12.0. The number of anilines is 1. The van der Waals surface area contributed by atoms with Crippen LogP contribution < -0.4 is 15.8 Å². The fourth-order valence-corrected chi connectivity index (χ4v) is 1.71. The van der Waals surface area contributed by atoms with Gasteiger partial charge in [0.15, 0.2) is 0 Å². The topological polar surface area (TPSA) is 64.4 Å². The van der Waals surface area contributed by atoms with Crippen molar-refractivity contribution in [1.29, 1.82) is 0 Å². The van der Waals surface area contributed by atoms with E-state index in [1.807, 2.05) is 6.92 Å². The summed E-state index contributed by atoms with van der Waals surface area (Å²) in [7, 11) is 1.59. The standard InChI is InChI=1S/C11H15BrN2O2/c1-3-9(13)11(15)14-7-4-5-10(16-2)8(12)6-7/h4-6,9H,3,13H2,1-2H3,(H,14,15)/t9-/m1/s1. The van der Waals surface area contributed by atoms with E-state index in [2.05, 4.69) is 21.2 Å². The third kappa shape index (κ3) is 3.21. The van der Waals surface area contributed by atoms with Crippen LogP contribution in [0.15, 0.2) is 22.7 Å². The van der Waals surface area contributed by atoms with Crippen LogP contribution in [0, 0.1) is 0 Å². The van der Waals surface area contributed by atoms with E-state index in [0.717, 1.165) is 10.2 Å². The molecule has 0 unspecified atom stereocenters. The van der Waals surface area contributed by atoms with Crippen LogP contribution in [0.25, 0.3) is 0 Å². The number of hydrogen-bond donors (Lipinski definition) is 2. The van der Waals surface area contributed by atoms with Gasteiger partial charge in [-0.2, -0.15) is 0 Å². The predicted octanol–water partition coefficient (Wildman–Crippen LogP) is 2.13. The zero-order valence-electron chi connectivity index (χ0n) is 9.29. The summed E-state index contributed by atoms with van der Waals surface area (Å²) < 4.78 is 5.88. The van der Waals surface area contributed by atoms with Gasteiger partial charge in [0.25, 0.3) is 0 Å². The maximum absolute atomic E-state index is 11.5. The van der Waals surface area contributed by atoms with E-state index >= 15 is 0 Å². The second kappa shape index (κ2) is 5.86. The number of amides is 1. The van der Waals surface area contributed by atoms with Crippen LogP contribution in [0.2, 0.25) is 0 Å². The van der Waals surface area contributed by atoms with Crippen molar-refractivity contribution in [3.05, 3.63) is 22.7 Å². The van der Waals surface area contributed by atoms with Crippen molar-refractivity contribution in [2.24, 2.45) is 5.73 Å². The number of benzene rings is 1. The van der Waals surface area contributed by atoms with E-state index < -0.39 is 6.04 Å². The molecule has 0 spiro atoms. The van der Waals surface area contributed by atoms with Crippen LogP contribution in [-0.4, -0.2) is 19.1 Å². The molecule has 0 aliphatic rings. The maximum Gasteiger partial charge on any atom is 0.241 e. The average molecular weight is 287 g/mol. The van der Waals surface area contributed by atoms with Crippen molar-refractivity contribution in [2.45, 2.75) is 19.4 Å². The molecule has 1 aromatic rings. The molecule has 0 bridgehead atoms. The SMILES string of the molecule is CC[C@@H](N)C(=O)Nc1ccc(OC)c(Br)c1. The maximum atomic E-state index is 11.5. The van der Waals surface area contributed by atoms with Gasteiger partial charge in [0.1, 0.15) is 5.75 Å². The number of ether oxygens (including phenoxy) is 1. The van der Waals surface area contributed by atoms with Crippen LogP contribution in [-0.2, 0) is 4.79 Å². The fourth-order valence-electron chi connectivity index (χ4n) is 1.16. The third-order valence-corrected chi connectivity index (χ3v) is 2.82. The van der Waals surface area contributed by atoms with Crippen molar-refractivity contribution in [3.8, 4) is 5.75 Å². The van der Waals surface area contributed by atoms with Crippen molar-refractivity contribution in [1.82, 2.24) is 0 Å². The Kier molecular flexibility index (Phi) is 4.76. The molecule has 4 nitrogen and oxygen atoms in total. The van der Waals surface area contributed by atoms with Crippen LogP contribution in [0.3, 0.4) is 0 Å². The highest BCUT2D eigenvalue weighted by Crippen LogP contribution is 2.27. The predicted molar refractivity (Wildman–Crippen MR) is 67.6 cm³/mol. The lowest BCUT2D eigenvalue weighted by Crippen LogP contribution is -2.34. The highest BCUT2D eigenvalue weighted by atomic mass is 79.9. The molecule has 0 aromatic heterocycles. The van der Waals surface area contributed by atoms with Crippen LogP contribution >= 0.6 is 15.9 Å². The Morgan fingerprint density at radius 3 is 2.81 bits per heavy atom. The van der Waals surface area contributed by atoms with Crippen LogP contribution in [0.5, 0.6) is 5.75 Å². The molecule has 0 heterocycles. The van der Waals surface area contributed by atoms with Crippen LogP contribution in [0.4, 0.5) is 5.69 Å². The number of methoxy groups -OCH3 is 1. The Balaban J connectivity index is 2.75. The van der Waals surface area contributed by atoms with E-state index in [9.17, 15) is 4.79 Å². The number of nitrogens with two attached hydrogens (primary N) is 1. The minimum atomic E-state index is -0.471. The Bertz CT molecular complexity index is 382. The first-order valence-electron chi connectivity index (χ1n) is 4.98. The van der Waals surface area contributed by atoms with E-state index in [4.69, 9.17) is 10.5 Å². The Morgan fingerprint density at radius 2 is 2.31 bits per heavy atom. The molecule has 0 radical (unpaired) electrons. The summed E-state index contributed by atoms with van der Waals surface area (Å²) in [5, 5.41) is 2.74. The molecule has 0 saturated carbocycles. The van der Waals surface area contributed by atoms with Gasteiger partial charge in [0.05, 0.1) is 17.6 Å². The van der Waals surface area contributed by atoms with Crippen LogP contribution in [0.1, 0.15) is 13.3 Å². The van der Waals surface area contributed by atoms with E-state index in [1.165, 1.54) is 0 Å². The molecule has 1 amide bonds.